The van der Waals surface area contributed by atoms with Crippen molar-refractivity contribution in [1.82, 2.24) is 9.97 Å². The van der Waals surface area contributed by atoms with Gasteiger partial charge in [-0.1, -0.05) is 13.8 Å². The first-order chi connectivity index (χ1) is 6.56. The summed E-state index contributed by atoms with van der Waals surface area (Å²) in [6.45, 7) is 5.58. The number of rotatable bonds is 2. The largest absolute Gasteiger partial charge is 0.310 e. The Labute approximate surface area is 82.6 Å². The summed E-state index contributed by atoms with van der Waals surface area (Å²) in [5, 5.41) is 8.56. The van der Waals surface area contributed by atoms with Gasteiger partial charge in [0.1, 0.15) is 5.82 Å². The predicted octanol–water partition coefficient (Wildman–Crippen LogP) is 1.27. The van der Waals surface area contributed by atoms with Crippen LogP contribution in [0.2, 0.25) is 0 Å². The molecule has 0 aliphatic carbocycles. The minimum Gasteiger partial charge on any atom is -0.310 e. The van der Waals surface area contributed by atoms with E-state index >= 15 is 0 Å². The molecule has 0 unspecified atom stereocenters. The number of H-pyrrole nitrogens is 1. The van der Waals surface area contributed by atoms with Gasteiger partial charge in [0.2, 0.25) is 0 Å². The number of hydrogen-bond acceptors (Lipinski definition) is 3. The Bertz CT molecular complexity index is 426. The quantitative estimate of drug-likeness (QED) is 0.765. The summed E-state index contributed by atoms with van der Waals surface area (Å²) >= 11 is 0. The third kappa shape index (κ3) is 1.99. The Hall–Kier alpha value is -1.63. The average Bonchev–Trinajstić information content (AvgIpc) is 2.12. The van der Waals surface area contributed by atoms with Gasteiger partial charge in [-0.05, 0) is 6.92 Å². The molecule has 0 saturated carbocycles. The summed E-state index contributed by atoms with van der Waals surface area (Å²) in [6.07, 6.45) is 0.190. The normalized spacial score (nSPS) is 10.2. The van der Waals surface area contributed by atoms with Crippen LogP contribution in [0.3, 0.4) is 0 Å². The van der Waals surface area contributed by atoms with Gasteiger partial charge in [0.05, 0.1) is 18.2 Å². The third-order valence-electron chi connectivity index (χ3n) is 2.06. The molecule has 1 aromatic rings. The molecule has 0 aliphatic heterocycles. The van der Waals surface area contributed by atoms with E-state index in [-0.39, 0.29) is 17.9 Å². The van der Waals surface area contributed by atoms with Gasteiger partial charge in [-0.3, -0.25) is 4.79 Å². The first-order valence-corrected chi connectivity index (χ1v) is 4.53. The van der Waals surface area contributed by atoms with Crippen LogP contribution in [0.5, 0.6) is 0 Å². The molecule has 0 aliphatic rings. The molecule has 1 aromatic heterocycles. The molecule has 1 rings (SSSR count). The zero-order valence-electron chi connectivity index (χ0n) is 8.59. The van der Waals surface area contributed by atoms with E-state index in [4.69, 9.17) is 5.26 Å². The van der Waals surface area contributed by atoms with E-state index in [0.717, 1.165) is 0 Å². The van der Waals surface area contributed by atoms with E-state index in [2.05, 4.69) is 9.97 Å². The maximum absolute atomic E-state index is 11.4. The number of nitriles is 1. The average molecular weight is 191 g/mol. The van der Waals surface area contributed by atoms with E-state index in [1.807, 2.05) is 19.9 Å². The van der Waals surface area contributed by atoms with Crippen LogP contribution in [0.15, 0.2) is 4.79 Å². The van der Waals surface area contributed by atoms with Crippen LogP contribution >= 0.6 is 0 Å². The van der Waals surface area contributed by atoms with Crippen molar-refractivity contribution in [3.8, 4) is 6.07 Å². The van der Waals surface area contributed by atoms with Crippen molar-refractivity contribution in [2.75, 3.05) is 0 Å². The number of aromatic nitrogens is 2. The third-order valence-corrected chi connectivity index (χ3v) is 2.06. The van der Waals surface area contributed by atoms with Crippen molar-refractivity contribution in [3.05, 3.63) is 27.4 Å². The van der Waals surface area contributed by atoms with Crippen LogP contribution in [-0.2, 0) is 6.42 Å². The van der Waals surface area contributed by atoms with Crippen LogP contribution in [-0.4, -0.2) is 9.97 Å². The van der Waals surface area contributed by atoms with Crippen LogP contribution in [0.4, 0.5) is 0 Å². The molecule has 0 spiro atoms. The lowest BCUT2D eigenvalue weighted by Gasteiger charge is -2.07. The molecule has 0 saturated heterocycles. The molecule has 74 valence electrons. The summed E-state index contributed by atoms with van der Waals surface area (Å²) < 4.78 is 0. The van der Waals surface area contributed by atoms with Gasteiger partial charge < -0.3 is 4.98 Å². The standard InChI is InChI=1S/C10H13N3O/c1-6(2)9-12-8(4-5-11)7(3)10(14)13-9/h6H,4H2,1-3H3,(H,12,13,14). The van der Waals surface area contributed by atoms with E-state index in [1.165, 1.54) is 0 Å². The van der Waals surface area contributed by atoms with Gasteiger partial charge in [0, 0.05) is 11.5 Å². The molecule has 0 radical (unpaired) electrons. The Morgan fingerprint density at radius 2 is 2.21 bits per heavy atom. The molecule has 4 nitrogen and oxygen atoms in total. The molecule has 0 atom stereocenters. The lowest BCUT2D eigenvalue weighted by Crippen LogP contribution is -2.18. The topological polar surface area (TPSA) is 69.5 Å². The van der Waals surface area contributed by atoms with Gasteiger partial charge in [-0.25, -0.2) is 4.98 Å². The second-order valence-electron chi connectivity index (χ2n) is 3.51. The van der Waals surface area contributed by atoms with Gasteiger partial charge in [-0.2, -0.15) is 5.26 Å². The van der Waals surface area contributed by atoms with E-state index in [1.54, 1.807) is 6.92 Å². The zero-order valence-corrected chi connectivity index (χ0v) is 8.59. The lowest BCUT2D eigenvalue weighted by molar-refractivity contribution is 0.749. The molecule has 1 N–H and O–H groups in total. The fraction of sp³-hybridized carbons (Fsp3) is 0.500. The second kappa shape index (κ2) is 4.05. The van der Waals surface area contributed by atoms with Crippen molar-refractivity contribution < 1.29 is 0 Å². The number of aromatic amines is 1. The van der Waals surface area contributed by atoms with Gasteiger partial charge in [0.15, 0.2) is 0 Å². The molecular formula is C10H13N3O. The van der Waals surface area contributed by atoms with Crippen LogP contribution in [0.1, 0.15) is 36.8 Å². The molecule has 0 aromatic carbocycles. The number of nitrogens with zero attached hydrogens (tertiary/aromatic N) is 2. The van der Waals surface area contributed by atoms with E-state index in [0.29, 0.717) is 17.1 Å². The van der Waals surface area contributed by atoms with Crippen molar-refractivity contribution in [2.45, 2.75) is 33.1 Å². The van der Waals surface area contributed by atoms with Gasteiger partial charge in [-0.15, -0.1) is 0 Å². The molecule has 0 fully saturated rings. The highest BCUT2D eigenvalue weighted by atomic mass is 16.1. The molecular weight excluding hydrogens is 178 g/mol. The molecule has 0 amide bonds. The number of nitrogens with one attached hydrogen (secondary N) is 1. The SMILES string of the molecule is Cc1c(CC#N)nc(C(C)C)[nH]c1=O. The predicted molar refractivity (Wildman–Crippen MR) is 53.0 cm³/mol. The Balaban J connectivity index is 3.30. The first-order valence-electron chi connectivity index (χ1n) is 4.53. The van der Waals surface area contributed by atoms with E-state index < -0.39 is 0 Å². The molecule has 14 heavy (non-hydrogen) atoms. The fourth-order valence-electron chi connectivity index (χ4n) is 1.12. The molecule has 0 bridgehead atoms. The number of hydrogen-bond donors (Lipinski definition) is 1. The lowest BCUT2D eigenvalue weighted by atomic mass is 10.1. The Morgan fingerprint density at radius 3 is 2.71 bits per heavy atom. The smallest absolute Gasteiger partial charge is 0.254 e. The van der Waals surface area contributed by atoms with Crippen LogP contribution in [0, 0.1) is 18.3 Å². The Morgan fingerprint density at radius 1 is 1.57 bits per heavy atom. The highest BCUT2D eigenvalue weighted by molar-refractivity contribution is 5.19. The van der Waals surface area contributed by atoms with Crippen molar-refractivity contribution in [2.24, 2.45) is 0 Å². The Kier molecular flexibility index (Phi) is 3.03. The zero-order chi connectivity index (χ0) is 10.7. The molecule has 4 heteroatoms. The first kappa shape index (κ1) is 10.5. The minimum atomic E-state index is -0.144. The highest BCUT2D eigenvalue weighted by Gasteiger charge is 2.09. The van der Waals surface area contributed by atoms with Crippen molar-refractivity contribution >= 4 is 0 Å². The van der Waals surface area contributed by atoms with Crippen LogP contribution < -0.4 is 5.56 Å². The second-order valence-corrected chi connectivity index (χ2v) is 3.51. The summed E-state index contributed by atoms with van der Waals surface area (Å²) in [5.41, 5.74) is 0.977. The fourth-order valence-corrected chi connectivity index (χ4v) is 1.12. The molecule has 1 heterocycles. The highest BCUT2D eigenvalue weighted by Crippen LogP contribution is 2.08. The van der Waals surface area contributed by atoms with Crippen molar-refractivity contribution in [1.29, 1.82) is 5.26 Å². The summed E-state index contributed by atoms with van der Waals surface area (Å²) in [6, 6.07) is 2.00. The maximum atomic E-state index is 11.4. The van der Waals surface area contributed by atoms with Gasteiger partial charge in [0.25, 0.3) is 5.56 Å². The van der Waals surface area contributed by atoms with Crippen LogP contribution in [0.25, 0.3) is 0 Å². The van der Waals surface area contributed by atoms with E-state index in [9.17, 15) is 4.79 Å². The summed E-state index contributed by atoms with van der Waals surface area (Å²) in [7, 11) is 0. The maximum Gasteiger partial charge on any atom is 0.254 e. The minimum absolute atomic E-state index is 0.144. The summed E-state index contributed by atoms with van der Waals surface area (Å²) in [5.74, 6) is 0.812. The monoisotopic (exact) mass is 191 g/mol. The summed E-state index contributed by atoms with van der Waals surface area (Å²) in [4.78, 5) is 18.4. The van der Waals surface area contributed by atoms with Gasteiger partial charge >= 0.3 is 0 Å². The van der Waals surface area contributed by atoms with Crippen molar-refractivity contribution in [3.63, 3.8) is 0 Å².